The Labute approximate surface area is 84.3 Å². The van der Waals surface area contributed by atoms with Gasteiger partial charge in [0.1, 0.15) is 11.8 Å². The maximum atomic E-state index is 10.1. The molecule has 0 amide bonds. The molecular formula is C8H14N2O3S. The van der Waals surface area contributed by atoms with Crippen molar-refractivity contribution in [2.75, 3.05) is 0 Å². The van der Waals surface area contributed by atoms with Crippen molar-refractivity contribution < 1.29 is 12.6 Å². The number of nitrogens with zero attached hydrogens (tertiary/aromatic N) is 1. The third kappa shape index (κ3) is 4.94. The van der Waals surface area contributed by atoms with Crippen molar-refractivity contribution in [1.82, 2.24) is 0 Å². The monoisotopic (exact) mass is 218 g/mol. The number of hydrogen-bond acceptors (Lipinski definition) is 5. The van der Waals surface area contributed by atoms with Crippen LogP contribution >= 0.6 is 0 Å². The summed E-state index contributed by atoms with van der Waals surface area (Å²) in [5.74, 6) is 0. The van der Waals surface area contributed by atoms with Gasteiger partial charge in [-0.2, -0.15) is 13.7 Å². The van der Waals surface area contributed by atoms with Crippen molar-refractivity contribution in [3.63, 3.8) is 0 Å². The van der Waals surface area contributed by atoms with E-state index in [2.05, 4.69) is 4.18 Å². The molecule has 1 saturated heterocycles. The van der Waals surface area contributed by atoms with E-state index in [4.69, 9.17) is 10.7 Å². The topological polar surface area (TPSA) is 94.3 Å². The van der Waals surface area contributed by atoms with Gasteiger partial charge in [-0.25, -0.2) is 4.18 Å². The quantitative estimate of drug-likeness (QED) is 0.572. The molecule has 1 aliphatic heterocycles. The molecule has 0 aromatic rings. The first-order valence-electron chi connectivity index (χ1n) is 4.37. The Balaban J connectivity index is 0.000000241. The molecule has 0 spiro atoms. The fourth-order valence-corrected chi connectivity index (χ4v) is 1.70. The first-order chi connectivity index (χ1) is 6.47. The summed E-state index contributed by atoms with van der Waals surface area (Å²) < 4.78 is 24.4. The average molecular weight is 218 g/mol. The minimum Gasteiger partial charge on any atom is -0.294 e. The second-order valence-corrected chi connectivity index (χ2v) is 4.47. The van der Waals surface area contributed by atoms with Crippen molar-refractivity contribution >= 4 is 15.8 Å². The van der Waals surface area contributed by atoms with Crippen LogP contribution in [0.4, 0.5) is 0 Å². The van der Waals surface area contributed by atoms with E-state index in [1.807, 2.05) is 6.92 Å². The van der Waals surface area contributed by atoms with Crippen LogP contribution < -0.4 is 0 Å². The van der Waals surface area contributed by atoms with Crippen LogP contribution in [0.15, 0.2) is 0 Å². The molecule has 0 aliphatic carbocycles. The van der Waals surface area contributed by atoms with E-state index in [0.717, 1.165) is 6.42 Å². The van der Waals surface area contributed by atoms with Gasteiger partial charge in [-0.15, -0.1) is 0 Å². The van der Waals surface area contributed by atoms with Crippen LogP contribution in [-0.2, 0) is 14.3 Å². The van der Waals surface area contributed by atoms with Crippen LogP contribution in [0, 0.1) is 16.7 Å². The van der Waals surface area contributed by atoms with Crippen molar-refractivity contribution in [2.24, 2.45) is 0 Å². The van der Waals surface area contributed by atoms with Gasteiger partial charge in [-0.05, 0) is 19.3 Å². The minimum atomic E-state index is -3.01. The van der Waals surface area contributed by atoms with E-state index in [1.165, 1.54) is 0 Å². The Bertz CT molecular complexity index is 329. The van der Waals surface area contributed by atoms with Crippen molar-refractivity contribution in [3.05, 3.63) is 0 Å². The summed E-state index contributed by atoms with van der Waals surface area (Å²) >= 11 is 0. The molecule has 80 valence electrons. The lowest BCUT2D eigenvalue weighted by atomic mass is 10.2. The largest absolute Gasteiger partial charge is 0.297 e. The molecule has 0 radical (unpaired) electrons. The van der Waals surface area contributed by atoms with Crippen LogP contribution in [0.5, 0.6) is 0 Å². The molecule has 1 aliphatic rings. The van der Waals surface area contributed by atoms with Crippen molar-refractivity contribution in [2.45, 2.75) is 38.5 Å². The Morgan fingerprint density at radius 2 is 2.07 bits per heavy atom. The van der Waals surface area contributed by atoms with Gasteiger partial charge in [0.2, 0.25) is 5.44 Å². The molecule has 0 saturated carbocycles. The molecule has 0 bridgehead atoms. The smallest absolute Gasteiger partial charge is 0.294 e. The minimum absolute atomic E-state index is 0.183. The lowest BCUT2D eigenvalue weighted by Gasteiger charge is -1.82. The number of rotatable bonds is 3. The van der Waals surface area contributed by atoms with Crippen LogP contribution in [0.1, 0.15) is 33.1 Å². The second kappa shape index (κ2) is 5.73. The summed E-state index contributed by atoms with van der Waals surface area (Å²) in [6.07, 6.45) is 2.09. The van der Waals surface area contributed by atoms with Gasteiger partial charge in [0.05, 0.1) is 0 Å². The van der Waals surface area contributed by atoms with Crippen LogP contribution in [0.2, 0.25) is 0 Å². The summed E-state index contributed by atoms with van der Waals surface area (Å²) in [5, 5.41) is 14.8. The zero-order valence-electron chi connectivity index (χ0n) is 8.28. The Kier molecular flexibility index (Phi) is 5.35. The highest BCUT2D eigenvalue weighted by Gasteiger charge is 2.43. The van der Waals surface area contributed by atoms with Crippen LogP contribution in [0.25, 0.3) is 0 Å². The highest BCUT2D eigenvalue weighted by Crippen LogP contribution is 2.26. The van der Waals surface area contributed by atoms with E-state index in [-0.39, 0.29) is 5.71 Å². The van der Waals surface area contributed by atoms with Gasteiger partial charge >= 0.3 is 0 Å². The Morgan fingerprint density at radius 1 is 1.57 bits per heavy atom. The second-order valence-electron chi connectivity index (χ2n) is 2.77. The predicted molar refractivity (Wildman–Crippen MR) is 52.3 cm³/mol. The molecule has 1 N–H and O–H groups in total. The lowest BCUT2D eigenvalue weighted by molar-refractivity contribution is 0.437. The third-order valence-corrected chi connectivity index (χ3v) is 2.88. The van der Waals surface area contributed by atoms with Gasteiger partial charge in [0, 0.05) is 0 Å². The van der Waals surface area contributed by atoms with E-state index >= 15 is 0 Å². The van der Waals surface area contributed by atoms with Crippen LogP contribution in [-0.4, -0.2) is 19.6 Å². The van der Waals surface area contributed by atoms with Gasteiger partial charge in [0.25, 0.3) is 10.1 Å². The Morgan fingerprint density at radius 3 is 2.14 bits per heavy atom. The van der Waals surface area contributed by atoms with Crippen molar-refractivity contribution in [1.29, 1.82) is 10.7 Å². The van der Waals surface area contributed by atoms with Gasteiger partial charge in [-0.1, -0.05) is 13.8 Å². The fraction of sp³-hybridized carbons (Fsp3) is 0.750. The van der Waals surface area contributed by atoms with E-state index in [0.29, 0.717) is 12.8 Å². The predicted octanol–water partition coefficient (Wildman–Crippen LogP) is 1.41. The molecule has 1 heterocycles. The summed E-state index contributed by atoms with van der Waals surface area (Å²) in [4.78, 5) is 0. The molecule has 0 aromatic carbocycles. The molecular weight excluding hydrogens is 204 g/mol. The molecule has 1 rings (SSSR count). The third-order valence-electron chi connectivity index (χ3n) is 1.49. The molecule has 0 aromatic heterocycles. The maximum Gasteiger partial charge on any atom is 0.297 e. The molecule has 5 nitrogen and oxygen atoms in total. The normalized spacial score (nSPS) is 21.4. The maximum absolute atomic E-state index is 10.1. The summed E-state index contributed by atoms with van der Waals surface area (Å²) in [5.41, 5.74) is -0.296. The van der Waals surface area contributed by atoms with Gasteiger partial charge in [-0.3, -0.25) is 5.41 Å². The molecule has 1 fully saturated rings. The standard InChI is InChI=1S/C5H8N2.C3H6O3S/c1-2-3-5(7)4-6;1-2-3-6-7(3,4)5/h7H,2-3H2,1H3;3H,2H2,1H3. The number of hydrogen-bond donors (Lipinski definition) is 1. The lowest BCUT2D eigenvalue weighted by Crippen LogP contribution is -1.87. The van der Waals surface area contributed by atoms with Gasteiger partial charge in [0.15, 0.2) is 0 Å². The van der Waals surface area contributed by atoms with Gasteiger partial charge < -0.3 is 0 Å². The zero-order valence-corrected chi connectivity index (χ0v) is 9.10. The van der Waals surface area contributed by atoms with Crippen molar-refractivity contribution in [3.8, 4) is 6.07 Å². The van der Waals surface area contributed by atoms with E-state index in [1.54, 1.807) is 13.0 Å². The molecule has 1 unspecified atom stereocenters. The van der Waals surface area contributed by atoms with E-state index in [9.17, 15) is 8.42 Å². The SMILES string of the molecule is CCC1OS1(=O)=O.CCCC(=N)C#N. The number of nitriles is 1. The average Bonchev–Trinajstić information content (AvgIpc) is 2.76. The fourth-order valence-electron chi connectivity index (χ4n) is 0.705. The summed E-state index contributed by atoms with van der Waals surface area (Å²) in [7, 11) is -3.01. The molecule has 1 atom stereocenters. The highest BCUT2D eigenvalue weighted by atomic mass is 32.2. The van der Waals surface area contributed by atoms with Crippen LogP contribution in [0.3, 0.4) is 0 Å². The Hall–Kier alpha value is -0.930. The zero-order chi connectivity index (χ0) is 11.2. The highest BCUT2D eigenvalue weighted by molar-refractivity contribution is 7.92. The van der Waals surface area contributed by atoms with E-state index < -0.39 is 15.6 Å². The molecule has 14 heavy (non-hydrogen) atoms. The summed E-state index contributed by atoms with van der Waals surface area (Å²) in [6, 6.07) is 1.75. The first kappa shape index (κ1) is 13.1. The summed E-state index contributed by atoms with van der Waals surface area (Å²) in [6.45, 7) is 3.72. The number of nitrogens with one attached hydrogen (secondary N) is 1. The molecule has 6 heteroatoms. The first-order valence-corrected chi connectivity index (χ1v) is 5.84.